The van der Waals surface area contributed by atoms with Crippen molar-refractivity contribution < 1.29 is 9.84 Å². The van der Waals surface area contributed by atoms with Gasteiger partial charge in [0.25, 0.3) is 5.56 Å². The number of benzene rings is 2. The lowest BCUT2D eigenvalue weighted by atomic mass is 9.80. The molecule has 6 rings (SSSR count). The van der Waals surface area contributed by atoms with Crippen LogP contribution in [0.2, 0.25) is 0 Å². The van der Waals surface area contributed by atoms with Crippen molar-refractivity contribution in [3.63, 3.8) is 0 Å². The van der Waals surface area contributed by atoms with E-state index in [0.29, 0.717) is 42.8 Å². The molecule has 2 aromatic carbocycles. The Bertz CT molecular complexity index is 1590. The molecule has 4 aromatic rings. The van der Waals surface area contributed by atoms with Crippen molar-refractivity contribution in [2.45, 2.75) is 76.0 Å². The molecule has 1 saturated heterocycles. The van der Waals surface area contributed by atoms with E-state index in [9.17, 15) is 15.2 Å². The van der Waals surface area contributed by atoms with Gasteiger partial charge in [-0.3, -0.25) is 9.36 Å². The molecule has 8 nitrogen and oxygen atoms in total. The van der Waals surface area contributed by atoms with Gasteiger partial charge in [-0.2, -0.15) is 15.3 Å². The summed E-state index contributed by atoms with van der Waals surface area (Å²) >= 11 is 0. The summed E-state index contributed by atoms with van der Waals surface area (Å²) in [6.45, 7) is 2.49. The predicted octanol–water partition coefficient (Wildman–Crippen LogP) is 4.61. The van der Waals surface area contributed by atoms with Crippen LogP contribution in [0.25, 0.3) is 16.9 Å². The highest BCUT2D eigenvalue weighted by Crippen LogP contribution is 2.43. The van der Waals surface area contributed by atoms with E-state index in [4.69, 9.17) is 4.74 Å². The predicted molar refractivity (Wildman–Crippen MR) is 147 cm³/mol. The number of aliphatic hydroxyl groups is 1. The number of ether oxygens (including phenoxy) is 1. The number of fused-ring (bicyclic) bond motifs is 1. The normalized spacial score (nSPS) is 22.9. The number of aromatic nitrogens is 4. The zero-order valence-electron chi connectivity index (χ0n) is 22.2. The summed E-state index contributed by atoms with van der Waals surface area (Å²) in [5.74, 6) is 0.581. The van der Waals surface area contributed by atoms with E-state index < -0.39 is 6.10 Å². The van der Waals surface area contributed by atoms with Gasteiger partial charge in [-0.15, -0.1) is 0 Å². The van der Waals surface area contributed by atoms with Crippen LogP contribution in [0.1, 0.15) is 73.9 Å². The molecule has 200 valence electrons. The van der Waals surface area contributed by atoms with Crippen LogP contribution < -0.4 is 5.56 Å². The molecule has 1 aliphatic heterocycles. The highest BCUT2D eigenvalue weighted by Gasteiger charge is 2.43. The van der Waals surface area contributed by atoms with Gasteiger partial charge in [-0.1, -0.05) is 55.8 Å². The van der Waals surface area contributed by atoms with E-state index in [0.717, 1.165) is 54.5 Å². The SMILES string of the molecule is CCCc1c(Cc2ccc(-c3ccccc3)c(C#N)c2)c(=O)n(C2CCC3(CC2)CC(O)CO3)c2ncnn12. The molecule has 2 aliphatic rings. The molecule has 3 heterocycles. The topological polar surface area (TPSA) is 105 Å². The Hall–Kier alpha value is -3.80. The zero-order chi connectivity index (χ0) is 27.0. The second-order valence-corrected chi connectivity index (χ2v) is 10.9. The average Bonchev–Trinajstić information content (AvgIpc) is 3.59. The van der Waals surface area contributed by atoms with Crippen molar-refractivity contribution in [1.82, 2.24) is 19.2 Å². The summed E-state index contributed by atoms with van der Waals surface area (Å²) in [5, 5.41) is 24.5. The first-order chi connectivity index (χ1) is 19.0. The smallest absolute Gasteiger partial charge is 0.259 e. The van der Waals surface area contributed by atoms with Crippen molar-refractivity contribution in [1.29, 1.82) is 5.26 Å². The van der Waals surface area contributed by atoms with E-state index in [-0.39, 0.29) is 17.2 Å². The quantitative estimate of drug-likeness (QED) is 0.396. The van der Waals surface area contributed by atoms with E-state index in [2.05, 4.69) is 23.1 Å². The first kappa shape index (κ1) is 25.5. The van der Waals surface area contributed by atoms with Crippen molar-refractivity contribution >= 4 is 5.78 Å². The molecular formula is C31H33N5O3. The van der Waals surface area contributed by atoms with Gasteiger partial charge in [0, 0.05) is 24.4 Å². The van der Waals surface area contributed by atoms with Gasteiger partial charge in [-0.25, -0.2) is 4.52 Å². The fourth-order valence-electron chi connectivity index (χ4n) is 6.50. The highest BCUT2D eigenvalue weighted by molar-refractivity contribution is 5.71. The summed E-state index contributed by atoms with van der Waals surface area (Å²) in [7, 11) is 0. The minimum Gasteiger partial charge on any atom is -0.391 e. The monoisotopic (exact) mass is 523 g/mol. The van der Waals surface area contributed by atoms with E-state index >= 15 is 0 Å². The van der Waals surface area contributed by atoms with Crippen molar-refractivity contribution in [3.8, 4) is 17.2 Å². The summed E-state index contributed by atoms with van der Waals surface area (Å²) in [5.41, 5.74) is 4.67. The molecule has 1 aliphatic carbocycles. The Balaban J connectivity index is 1.39. The van der Waals surface area contributed by atoms with E-state index in [1.807, 2.05) is 57.6 Å². The van der Waals surface area contributed by atoms with Crippen LogP contribution in [0.15, 0.2) is 59.7 Å². The maximum Gasteiger partial charge on any atom is 0.259 e. The lowest BCUT2D eigenvalue weighted by Crippen LogP contribution is -2.39. The van der Waals surface area contributed by atoms with Gasteiger partial charge in [-0.05, 0) is 54.9 Å². The third kappa shape index (κ3) is 4.66. The second kappa shape index (κ2) is 10.4. The fourth-order valence-corrected chi connectivity index (χ4v) is 6.50. The number of nitrogens with zero attached hydrogens (tertiary/aromatic N) is 5. The minimum absolute atomic E-state index is 0.0132. The number of rotatable bonds is 6. The summed E-state index contributed by atoms with van der Waals surface area (Å²) in [6, 6.07) is 18.1. The maximum atomic E-state index is 14.2. The largest absolute Gasteiger partial charge is 0.391 e. The summed E-state index contributed by atoms with van der Waals surface area (Å²) in [4.78, 5) is 18.8. The van der Waals surface area contributed by atoms with Gasteiger partial charge in [0.1, 0.15) is 6.33 Å². The lowest BCUT2D eigenvalue weighted by molar-refractivity contribution is -0.0345. The van der Waals surface area contributed by atoms with Crippen molar-refractivity contribution in [2.24, 2.45) is 0 Å². The highest BCUT2D eigenvalue weighted by atomic mass is 16.5. The first-order valence-corrected chi connectivity index (χ1v) is 13.9. The second-order valence-electron chi connectivity index (χ2n) is 10.9. The number of aliphatic hydroxyl groups excluding tert-OH is 1. The molecule has 2 aromatic heterocycles. The van der Waals surface area contributed by atoms with Gasteiger partial charge >= 0.3 is 0 Å². The van der Waals surface area contributed by atoms with Crippen LogP contribution in [-0.2, 0) is 17.6 Å². The van der Waals surface area contributed by atoms with Gasteiger partial charge in [0.05, 0.1) is 35.6 Å². The minimum atomic E-state index is -0.404. The van der Waals surface area contributed by atoms with Crippen molar-refractivity contribution in [3.05, 3.63) is 87.6 Å². The molecule has 1 N–H and O–H groups in total. The van der Waals surface area contributed by atoms with Crippen LogP contribution in [0.5, 0.6) is 0 Å². The molecule has 1 spiro atoms. The molecule has 0 radical (unpaired) electrons. The van der Waals surface area contributed by atoms with Gasteiger partial charge in [0.15, 0.2) is 0 Å². The standard InChI is InChI=1S/C31H33N5O3/c1-2-6-28-27(16-21-9-10-26(23(15-21)18-32)22-7-4-3-5-8-22)29(38)35(30-33-20-34-36(28)30)24-11-13-31(14-12-24)17-25(37)19-39-31/h3-5,7-10,15,20,24-25,37H,2,6,11-14,16-17,19H2,1H3. The number of hydrogen-bond donors (Lipinski definition) is 1. The van der Waals surface area contributed by atoms with Gasteiger partial charge in [0.2, 0.25) is 5.78 Å². The maximum absolute atomic E-state index is 14.2. The van der Waals surface area contributed by atoms with Gasteiger partial charge < -0.3 is 9.84 Å². The molecule has 0 amide bonds. The van der Waals surface area contributed by atoms with Crippen LogP contribution in [0.4, 0.5) is 0 Å². The number of nitriles is 1. The fraction of sp³-hybridized carbons (Fsp3) is 0.419. The zero-order valence-corrected chi connectivity index (χ0v) is 22.2. The first-order valence-electron chi connectivity index (χ1n) is 13.9. The number of hydrogen-bond acceptors (Lipinski definition) is 6. The summed E-state index contributed by atoms with van der Waals surface area (Å²) in [6.07, 6.45) is 6.95. The van der Waals surface area contributed by atoms with Crippen molar-refractivity contribution in [2.75, 3.05) is 6.61 Å². The Morgan fingerprint density at radius 2 is 1.97 bits per heavy atom. The molecule has 39 heavy (non-hydrogen) atoms. The van der Waals surface area contributed by atoms with Crippen LogP contribution >= 0.6 is 0 Å². The Morgan fingerprint density at radius 3 is 2.67 bits per heavy atom. The van der Waals surface area contributed by atoms with Crippen LogP contribution in [0, 0.1) is 11.3 Å². The molecule has 0 bridgehead atoms. The molecule has 8 heteroatoms. The summed E-state index contributed by atoms with van der Waals surface area (Å²) < 4.78 is 9.67. The molecule has 1 saturated carbocycles. The van der Waals surface area contributed by atoms with E-state index in [1.165, 1.54) is 6.33 Å². The van der Waals surface area contributed by atoms with E-state index in [1.54, 1.807) is 0 Å². The molecule has 1 unspecified atom stereocenters. The Labute approximate surface area is 227 Å². The molecular weight excluding hydrogens is 490 g/mol. The lowest BCUT2D eigenvalue weighted by Gasteiger charge is -2.37. The molecule has 1 atom stereocenters. The Kier molecular flexibility index (Phi) is 6.79. The Morgan fingerprint density at radius 1 is 1.18 bits per heavy atom. The number of aryl methyl sites for hydroxylation is 1. The molecule has 2 fully saturated rings. The van der Waals surface area contributed by atoms with Crippen LogP contribution in [0.3, 0.4) is 0 Å². The average molecular weight is 524 g/mol. The third-order valence-electron chi connectivity index (χ3n) is 8.40. The van der Waals surface area contributed by atoms with Crippen LogP contribution in [-0.4, -0.2) is 42.6 Å². The third-order valence-corrected chi connectivity index (χ3v) is 8.40.